The number of hydrogen-bond donors (Lipinski definition) is 5. The smallest absolute Gasteiger partial charge is 0.415 e. The molecular weight excluding hydrogens is 522 g/mol. The highest BCUT2D eigenvalue weighted by Crippen LogP contribution is 2.29. The van der Waals surface area contributed by atoms with Crippen molar-refractivity contribution in [2.75, 3.05) is 4.72 Å². The molecule has 3 aromatic heterocycles. The summed E-state index contributed by atoms with van der Waals surface area (Å²) in [5.41, 5.74) is 8.54. The molecule has 3 heterocycles. The topological polar surface area (TPSA) is 177 Å². The molecule has 0 bridgehead atoms. The van der Waals surface area contributed by atoms with Gasteiger partial charge < -0.3 is 15.8 Å². The second-order valence-corrected chi connectivity index (χ2v) is 9.26. The third-order valence-electron chi connectivity index (χ3n) is 5.89. The molecule has 5 aromatic rings. The summed E-state index contributed by atoms with van der Waals surface area (Å²) < 4.78 is 25.0. The van der Waals surface area contributed by atoms with E-state index in [0.717, 1.165) is 22.1 Å². The molecule has 0 radical (unpaired) electrons. The number of ketones is 1. The fourth-order valence-corrected chi connectivity index (χ4v) is 4.48. The number of carboxylic acid groups (broad SMARTS) is 1. The molecule has 39 heavy (non-hydrogen) atoms. The van der Waals surface area contributed by atoms with E-state index in [4.69, 9.17) is 5.73 Å². The number of rotatable bonds is 7. The molecule has 200 valence electrons. The van der Waals surface area contributed by atoms with Gasteiger partial charge in [-0.05, 0) is 42.3 Å². The first kappa shape index (κ1) is 27.1. The van der Waals surface area contributed by atoms with Crippen molar-refractivity contribution >= 4 is 56.3 Å². The van der Waals surface area contributed by atoms with E-state index in [9.17, 15) is 27.9 Å². The minimum atomic E-state index is -2.74. The molecule has 2 aromatic carbocycles. The van der Waals surface area contributed by atoms with Crippen LogP contribution in [0.3, 0.4) is 0 Å². The maximum Gasteiger partial charge on any atom is 0.415 e. The van der Waals surface area contributed by atoms with Crippen LogP contribution in [0.2, 0.25) is 0 Å². The average Bonchev–Trinajstić information content (AvgIpc) is 3.53. The minimum Gasteiger partial charge on any atom is -0.464 e. The number of primary amides is 1. The molecule has 0 unspecified atom stereocenters. The van der Waals surface area contributed by atoms with E-state index in [-0.39, 0.29) is 11.7 Å². The molecule has 0 saturated heterocycles. The Morgan fingerprint density at radius 1 is 1.03 bits per heavy atom. The summed E-state index contributed by atoms with van der Waals surface area (Å²) in [7, 11) is -2.74. The molecule has 1 amide bonds. The average molecular weight is 548 g/mol. The van der Waals surface area contributed by atoms with Crippen molar-refractivity contribution < 1.29 is 27.9 Å². The number of amides is 1. The highest BCUT2D eigenvalue weighted by Gasteiger charge is 2.19. The first-order valence-corrected chi connectivity index (χ1v) is 13.0. The van der Waals surface area contributed by atoms with Gasteiger partial charge in [-0.15, -0.1) is 0 Å². The van der Waals surface area contributed by atoms with Gasteiger partial charge >= 0.3 is 6.09 Å². The molecule has 12 heteroatoms. The molecule has 11 nitrogen and oxygen atoms in total. The zero-order valence-electron chi connectivity index (χ0n) is 20.7. The molecule has 0 aliphatic carbocycles. The number of benzene rings is 2. The number of carbonyl (C=O) groups is 3. The van der Waals surface area contributed by atoms with Crippen LogP contribution >= 0.6 is 0 Å². The van der Waals surface area contributed by atoms with Crippen LogP contribution in [-0.4, -0.2) is 45.8 Å². The number of nitrogens with zero attached hydrogens (tertiary/aromatic N) is 2. The quantitative estimate of drug-likeness (QED) is 0.150. The van der Waals surface area contributed by atoms with Gasteiger partial charge in [0.05, 0.1) is 5.52 Å². The summed E-state index contributed by atoms with van der Waals surface area (Å²) in [4.78, 5) is 42.1. The molecule has 5 rings (SSSR count). The van der Waals surface area contributed by atoms with Gasteiger partial charge in [0.1, 0.15) is 5.65 Å². The van der Waals surface area contributed by atoms with Crippen LogP contribution in [0.5, 0.6) is 0 Å². The second kappa shape index (κ2) is 11.6. The molecule has 0 fully saturated rings. The lowest BCUT2D eigenvalue weighted by Crippen LogP contribution is -2.08. The number of pyridine rings is 1. The van der Waals surface area contributed by atoms with Crippen molar-refractivity contribution in [2.24, 2.45) is 5.73 Å². The highest BCUT2D eigenvalue weighted by molar-refractivity contribution is 7.73. The lowest BCUT2D eigenvalue weighted by molar-refractivity contribution is -0.118. The van der Waals surface area contributed by atoms with Crippen LogP contribution in [0.1, 0.15) is 35.7 Å². The van der Waals surface area contributed by atoms with Crippen LogP contribution in [-0.2, 0) is 15.7 Å². The van der Waals surface area contributed by atoms with Crippen molar-refractivity contribution in [3.63, 3.8) is 0 Å². The summed E-state index contributed by atoms with van der Waals surface area (Å²) >= 11 is 0. The van der Waals surface area contributed by atoms with Crippen molar-refractivity contribution in [2.45, 2.75) is 19.8 Å². The molecule has 0 spiro atoms. The second-order valence-electron chi connectivity index (χ2n) is 8.52. The van der Waals surface area contributed by atoms with Crippen LogP contribution < -0.4 is 10.5 Å². The standard InChI is InChI=1S/C23H16N4O5S.C4H9NO/c28-21(17-2-1-3-20-16(17)8-9-27(20)23(29)30)19-12-25-22-18(19)10-14(11-24-22)13-4-6-15(7-5-13)26-33(31)32;1-2-3-4(5)6/h1-12,33H,(H,24,25)(H,29,30)(H,26,31,32);2-3H2,1H3,(H2,5,6). The molecular formula is C27H25N5O6S. The number of nitrogens with one attached hydrogen (secondary N) is 2. The number of thiol groups is 1. The number of aromatic nitrogens is 3. The Bertz CT molecular complexity index is 1760. The number of H-pyrrole nitrogens is 1. The first-order chi connectivity index (χ1) is 18.7. The van der Waals surface area contributed by atoms with E-state index < -0.39 is 17.0 Å². The van der Waals surface area contributed by atoms with E-state index in [1.165, 1.54) is 6.20 Å². The lowest BCUT2D eigenvalue weighted by atomic mass is 9.99. The highest BCUT2D eigenvalue weighted by atomic mass is 32.2. The zero-order valence-corrected chi connectivity index (χ0v) is 21.6. The predicted octanol–water partition coefficient (Wildman–Crippen LogP) is 4.15. The van der Waals surface area contributed by atoms with Crippen LogP contribution in [0.25, 0.3) is 33.1 Å². The Hall–Kier alpha value is -4.97. The largest absolute Gasteiger partial charge is 0.464 e. The minimum absolute atomic E-state index is 0.211. The maximum atomic E-state index is 13.4. The SMILES string of the molecule is CCCC(N)=O.O=C(c1c[nH]c2ncc(-c3ccc(N[SH](=O)=O)cc3)cc12)c1cccc2c1ccn2C(=O)O. The van der Waals surface area contributed by atoms with Gasteiger partial charge in [-0.1, -0.05) is 31.2 Å². The van der Waals surface area contributed by atoms with Crippen molar-refractivity contribution in [1.29, 1.82) is 0 Å². The van der Waals surface area contributed by atoms with Crippen LogP contribution in [0, 0.1) is 0 Å². The van der Waals surface area contributed by atoms with Crippen LogP contribution in [0.4, 0.5) is 10.5 Å². The Morgan fingerprint density at radius 2 is 1.77 bits per heavy atom. The van der Waals surface area contributed by atoms with Gasteiger partial charge in [-0.2, -0.15) is 0 Å². The Kier molecular flexibility index (Phi) is 8.06. The number of carbonyl (C=O) groups excluding carboxylic acids is 2. The number of fused-ring (bicyclic) bond motifs is 2. The zero-order chi connectivity index (χ0) is 28.1. The van der Waals surface area contributed by atoms with E-state index in [0.29, 0.717) is 45.2 Å². The van der Waals surface area contributed by atoms with E-state index >= 15 is 0 Å². The summed E-state index contributed by atoms with van der Waals surface area (Å²) in [6, 6.07) is 15.2. The van der Waals surface area contributed by atoms with E-state index in [1.807, 2.05) is 13.0 Å². The Balaban J connectivity index is 0.000000531. The Labute approximate surface area is 224 Å². The lowest BCUT2D eigenvalue weighted by Gasteiger charge is -2.06. The number of nitrogens with two attached hydrogens (primary N) is 1. The van der Waals surface area contributed by atoms with Crippen molar-refractivity contribution in [3.05, 3.63) is 84.3 Å². The third-order valence-corrected chi connectivity index (χ3v) is 6.34. The molecule has 5 N–H and O–H groups in total. The van der Waals surface area contributed by atoms with Crippen LogP contribution in [0.15, 0.2) is 73.2 Å². The molecule has 0 atom stereocenters. The predicted molar refractivity (Wildman–Crippen MR) is 148 cm³/mol. The summed E-state index contributed by atoms with van der Waals surface area (Å²) in [5.74, 6) is -0.467. The fraction of sp³-hybridized carbons (Fsp3) is 0.111. The summed E-state index contributed by atoms with van der Waals surface area (Å²) in [6.45, 7) is 1.92. The van der Waals surface area contributed by atoms with Gasteiger partial charge in [0, 0.05) is 58.2 Å². The van der Waals surface area contributed by atoms with E-state index in [2.05, 4.69) is 14.7 Å². The molecule has 0 aliphatic rings. The third kappa shape index (κ3) is 5.96. The summed E-state index contributed by atoms with van der Waals surface area (Å²) in [6.07, 6.45) is 4.92. The molecule has 0 saturated carbocycles. The van der Waals surface area contributed by atoms with Gasteiger partial charge in [0.2, 0.25) is 16.8 Å². The monoisotopic (exact) mass is 547 g/mol. The first-order valence-electron chi connectivity index (χ1n) is 11.8. The maximum absolute atomic E-state index is 13.4. The normalized spacial score (nSPS) is 10.8. The van der Waals surface area contributed by atoms with E-state index in [1.54, 1.807) is 60.9 Å². The Morgan fingerprint density at radius 3 is 2.38 bits per heavy atom. The van der Waals surface area contributed by atoms with Crippen molar-refractivity contribution in [1.82, 2.24) is 14.5 Å². The number of aromatic amines is 1. The van der Waals surface area contributed by atoms with Gasteiger partial charge in [0.25, 0.3) is 0 Å². The number of anilines is 1. The van der Waals surface area contributed by atoms with Gasteiger partial charge in [-0.25, -0.2) is 18.2 Å². The van der Waals surface area contributed by atoms with Crippen molar-refractivity contribution in [3.8, 4) is 11.1 Å². The van der Waals surface area contributed by atoms with Gasteiger partial charge in [0.15, 0.2) is 5.78 Å². The molecule has 0 aliphatic heterocycles. The van der Waals surface area contributed by atoms with Gasteiger partial charge in [-0.3, -0.25) is 18.9 Å². The number of hydrogen-bond acceptors (Lipinski definition) is 6. The fourth-order valence-electron chi connectivity index (χ4n) is 4.12. The summed E-state index contributed by atoms with van der Waals surface area (Å²) in [5, 5.41) is 10.5.